The molecule has 6 heteroatoms. The lowest BCUT2D eigenvalue weighted by molar-refractivity contribution is -0.140. The average Bonchev–Trinajstić information content (AvgIpc) is 2.94. The van der Waals surface area contributed by atoms with E-state index in [1.807, 2.05) is 13.8 Å². The zero-order valence-electron chi connectivity index (χ0n) is 11.5. The second kappa shape index (κ2) is 5.69. The molecule has 2 rings (SSSR count). The van der Waals surface area contributed by atoms with Gasteiger partial charge in [0.1, 0.15) is 0 Å². The molecule has 2 aliphatic heterocycles. The fourth-order valence-corrected chi connectivity index (χ4v) is 2.64. The highest BCUT2D eigenvalue weighted by Gasteiger charge is 2.39. The van der Waals surface area contributed by atoms with Gasteiger partial charge in [-0.25, -0.2) is 0 Å². The summed E-state index contributed by atoms with van der Waals surface area (Å²) in [6.07, 6.45) is 2.26. The molecule has 2 fully saturated rings. The van der Waals surface area contributed by atoms with Crippen molar-refractivity contribution in [3.63, 3.8) is 0 Å². The lowest BCUT2D eigenvalue weighted by Gasteiger charge is -2.20. The van der Waals surface area contributed by atoms with Crippen LogP contribution in [0.2, 0.25) is 0 Å². The van der Waals surface area contributed by atoms with Gasteiger partial charge in [0.25, 0.3) is 0 Å². The topological polar surface area (TPSA) is 69.7 Å². The number of nitrogens with one attached hydrogen (secondary N) is 1. The van der Waals surface area contributed by atoms with Crippen molar-refractivity contribution in [2.45, 2.75) is 45.2 Å². The molecule has 0 aromatic carbocycles. The molecule has 106 valence electrons. The van der Waals surface area contributed by atoms with Crippen LogP contribution in [0.25, 0.3) is 0 Å². The number of imide groups is 1. The molecule has 0 radical (unpaired) electrons. The number of rotatable bonds is 4. The van der Waals surface area contributed by atoms with Crippen molar-refractivity contribution in [1.29, 1.82) is 0 Å². The van der Waals surface area contributed by atoms with Crippen LogP contribution >= 0.6 is 0 Å². The summed E-state index contributed by atoms with van der Waals surface area (Å²) in [4.78, 5) is 38.7. The highest BCUT2D eigenvalue weighted by molar-refractivity contribution is 6.06. The molecule has 0 saturated carbocycles. The highest BCUT2D eigenvalue weighted by Crippen LogP contribution is 2.16. The molecular formula is C13H21N3O3. The number of likely N-dealkylation sites (tertiary alicyclic amines) is 2. The Kier molecular flexibility index (Phi) is 4.19. The van der Waals surface area contributed by atoms with Crippen molar-refractivity contribution in [2.75, 3.05) is 19.6 Å². The molecule has 6 nitrogen and oxygen atoms in total. The van der Waals surface area contributed by atoms with Crippen LogP contribution in [0.3, 0.4) is 0 Å². The van der Waals surface area contributed by atoms with Gasteiger partial charge in [0.05, 0.1) is 19.0 Å². The zero-order valence-corrected chi connectivity index (χ0v) is 11.5. The largest absolute Gasteiger partial charge is 0.342 e. The second-order valence-corrected chi connectivity index (χ2v) is 5.42. The molecule has 0 aromatic rings. The van der Waals surface area contributed by atoms with E-state index in [9.17, 15) is 14.4 Å². The van der Waals surface area contributed by atoms with E-state index >= 15 is 0 Å². The summed E-state index contributed by atoms with van der Waals surface area (Å²) in [6.45, 7) is 5.36. The van der Waals surface area contributed by atoms with Crippen LogP contribution in [0.5, 0.6) is 0 Å². The van der Waals surface area contributed by atoms with Crippen molar-refractivity contribution in [1.82, 2.24) is 15.1 Å². The van der Waals surface area contributed by atoms with Crippen LogP contribution in [-0.4, -0.2) is 59.2 Å². The molecule has 2 heterocycles. The Bertz CT molecular complexity index is 389. The quantitative estimate of drug-likeness (QED) is 0.712. The maximum atomic E-state index is 12.0. The molecule has 3 amide bonds. The fourth-order valence-electron chi connectivity index (χ4n) is 2.64. The summed E-state index contributed by atoms with van der Waals surface area (Å²) >= 11 is 0. The Morgan fingerprint density at radius 2 is 1.95 bits per heavy atom. The highest BCUT2D eigenvalue weighted by atomic mass is 16.2. The van der Waals surface area contributed by atoms with E-state index < -0.39 is 6.04 Å². The van der Waals surface area contributed by atoms with E-state index in [2.05, 4.69) is 5.32 Å². The average molecular weight is 267 g/mol. The Morgan fingerprint density at radius 3 is 2.47 bits per heavy atom. The standard InChI is InChI=1S/C13H21N3O3/c1-9(2)16-11(17)7-10(13(16)19)14-8-12(18)15-5-3-4-6-15/h9-10,14H,3-8H2,1-2H3. The van der Waals surface area contributed by atoms with Crippen molar-refractivity contribution in [3.8, 4) is 0 Å². The molecule has 0 aliphatic carbocycles. The minimum atomic E-state index is -0.540. The Morgan fingerprint density at radius 1 is 1.32 bits per heavy atom. The van der Waals surface area contributed by atoms with Gasteiger partial charge in [0.15, 0.2) is 0 Å². The number of nitrogens with zero attached hydrogens (tertiary/aromatic N) is 2. The smallest absolute Gasteiger partial charge is 0.247 e. The van der Waals surface area contributed by atoms with Crippen molar-refractivity contribution in [2.24, 2.45) is 0 Å². The van der Waals surface area contributed by atoms with Crippen molar-refractivity contribution in [3.05, 3.63) is 0 Å². The molecular weight excluding hydrogens is 246 g/mol. The summed E-state index contributed by atoms with van der Waals surface area (Å²) in [5.74, 6) is -0.360. The summed E-state index contributed by atoms with van der Waals surface area (Å²) in [5, 5.41) is 2.92. The third kappa shape index (κ3) is 2.94. The molecule has 2 aliphatic rings. The monoisotopic (exact) mass is 267 g/mol. The summed E-state index contributed by atoms with van der Waals surface area (Å²) in [6, 6.07) is -0.664. The molecule has 0 spiro atoms. The van der Waals surface area contributed by atoms with Crippen LogP contribution in [0, 0.1) is 0 Å². The lowest BCUT2D eigenvalue weighted by atomic mass is 10.2. The van der Waals surface area contributed by atoms with Crippen LogP contribution < -0.4 is 5.32 Å². The molecule has 0 bridgehead atoms. The molecule has 1 unspecified atom stereocenters. The van der Waals surface area contributed by atoms with Gasteiger partial charge in [0, 0.05) is 19.1 Å². The van der Waals surface area contributed by atoms with E-state index in [0.717, 1.165) is 25.9 Å². The maximum Gasteiger partial charge on any atom is 0.247 e. The number of hydrogen-bond donors (Lipinski definition) is 1. The van der Waals surface area contributed by atoms with Crippen LogP contribution in [0.1, 0.15) is 33.1 Å². The first-order valence-electron chi connectivity index (χ1n) is 6.87. The molecule has 0 aromatic heterocycles. The summed E-state index contributed by atoms with van der Waals surface area (Å²) in [5.41, 5.74) is 0. The Labute approximate surface area is 113 Å². The predicted octanol–water partition coefficient (Wildman–Crippen LogP) is -0.266. The van der Waals surface area contributed by atoms with Gasteiger partial charge in [0.2, 0.25) is 17.7 Å². The van der Waals surface area contributed by atoms with E-state index in [0.29, 0.717) is 0 Å². The number of hydrogen-bond acceptors (Lipinski definition) is 4. The first kappa shape index (κ1) is 14.0. The number of carbonyl (C=O) groups excluding carboxylic acids is 3. The van der Waals surface area contributed by atoms with Gasteiger partial charge in [-0.15, -0.1) is 0 Å². The van der Waals surface area contributed by atoms with Gasteiger partial charge in [-0.3, -0.25) is 24.6 Å². The van der Waals surface area contributed by atoms with E-state index in [4.69, 9.17) is 0 Å². The second-order valence-electron chi connectivity index (χ2n) is 5.42. The van der Waals surface area contributed by atoms with Gasteiger partial charge < -0.3 is 4.90 Å². The van der Waals surface area contributed by atoms with Crippen molar-refractivity contribution >= 4 is 17.7 Å². The zero-order chi connectivity index (χ0) is 14.0. The third-order valence-electron chi connectivity index (χ3n) is 3.66. The minimum absolute atomic E-state index is 0.0146. The molecule has 2 saturated heterocycles. The van der Waals surface area contributed by atoms with Gasteiger partial charge in [-0.2, -0.15) is 0 Å². The van der Waals surface area contributed by atoms with E-state index in [-0.39, 0.29) is 36.7 Å². The molecule has 19 heavy (non-hydrogen) atoms. The van der Waals surface area contributed by atoms with Gasteiger partial charge in [-0.05, 0) is 26.7 Å². The van der Waals surface area contributed by atoms with Crippen LogP contribution in [0.4, 0.5) is 0 Å². The van der Waals surface area contributed by atoms with Crippen molar-refractivity contribution < 1.29 is 14.4 Å². The van der Waals surface area contributed by atoms with Gasteiger partial charge in [-0.1, -0.05) is 0 Å². The fraction of sp³-hybridized carbons (Fsp3) is 0.769. The van der Waals surface area contributed by atoms with Crippen LogP contribution in [-0.2, 0) is 14.4 Å². The third-order valence-corrected chi connectivity index (χ3v) is 3.66. The molecule has 1 atom stereocenters. The lowest BCUT2D eigenvalue weighted by Crippen LogP contribution is -2.45. The molecule has 1 N–H and O–H groups in total. The normalized spacial score (nSPS) is 23.8. The first-order valence-corrected chi connectivity index (χ1v) is 6.87. The first-order chi connectivity index (χ1) is 9.00. The minimum Gasteiger partial charge on any atom is -0.342 e. The Hall–Kier alpha value is -1.43. The van der Waals surface area contributed by atoms with Crippen LogP contribution in [0.15, 0.2) is 0 Å². The number of amides is 3. The predicted molar refractivity (Wildman–Crippen MR) is 69.2 cm³/mol. The van der Waals surface area contributed by atoms with E-state index in [1.165, 1.54) is 4.90 Å². The SMILES string of the molecule is CC(C)N1C(=O)CC(NCC(=O)N2CCCC2)C1=O. The Balaban J connectivity index is 1.85. The maximum absolute atomic E-state index is 12.0. The number of carbonyl (C=O) groups is 3. The van der Waals surface area contributed by atoms with E-state index in [1.54, 1.807) is 4.90 Å². The summed E-state index contributed by atoms with van der Waals surface area (Å²) in [7, 11) is 0. The van der Waals surface area contributed by atoms with Gasteiger partial charge >= 0.3 is 0 Å². The summed E-state index contributed by atoms with van der Waals surface area (Å²) < 4.78 is 0.